The summed E-state index contributed by atoms with van der Waals surface area (Å²) < 4.78 is 11.6. The molecule has 0 aliphatic heterocycles. The van der Waals surface area contributed by atoms with E-state index in [4.69, 9.17) is 10.8 Å². The normalized spacial score (nSPS) is 14.5. The smallest absolute Gasteiger partial charge is 0.320 e. The third-order valence-electron chi connectivity index (χ3n) is 1.96. The minimum atomic E-state index is -1.46. The second kappa shape index (κ2) is 5.63. The summed E-state index contributed by atoms with van der Waals surface area (Å²) in [4.78, 5) is 10.7. The van der Waals surface area contributed by atoms with Crippen molar-refractivity contribution in [2.75, 3.05) is 6.54 Å². The van der Waals surface area contributed by atoms with Crippen molar-refractivity contribution in [3.63, 3.8) is 0 Å². The van der Waals surface area contributed by atoms with E-state index in [0.29, 0.717) is 0 Å². The fourth-order valence-corrected chi connectivity index (χ4v) is 2.32. The third kappa shape index (κ3) is 3.45. The largest absolute Gasteiger partial charge is 0.480 e. The molecule has 0 fully saturated rings. The summed E-state index contributed by atoms with van der Waals surface area (Å²) in [6.07, 6.45) is 0. The molecule has 3 N–H and O–H groups in total. The minimum absolute atomic E-state index is 0.102. The molecule has 0 saturated heterocycles. The van der Waals surface area contributed by atoms with Gasteiger partial charge in [0.2, 0.25) is 0 Å². The van der Waals surface area contributed by atoms with Gasteiger partial charge in [-0.05, 0) is 5.56 Å². The van der Waals surface area contributed by atoms with E-state index in [-0.39, 0.29) is 12.3 Å². The lowest BCUT2D eigenvalue weighted by atomic mass is 10.2. The first kappa shape index (κ1) is 11.9. The molecular formula is C10H13NO3S. The quantitative estimate of drug-likeness (QED) is 0.760. The van der Waals surface area contributed by atoms with Crippen LogP contribution in [-0.4, -0.2) is 27.1 Å². The Hall–Kier alpha value is -1.20. The highest BCUT2D eigenvalue weighted by Gasteiger charge is 2.22. The number of nitrogens with two attached hydrogens (primary N) is 1. The zero-order valence-corrected chi connectivity index (χ0v) is 8.94. The number of rotatable bonds is 5. The molecule has 0 bridgehead atoms. The third-order valence-corrected chi connectivity index (χ3v) is 3.61. The molecule has 2 unspecified atom stereocenters. The highest BCUT2D eigenvalue weighted by Crippen LogP contribution is 2.06. The summed E-state index contributed by atoms with van der Waals surface area (Å²) in [6, 6.07) is 9.13. The number of aliphatic carboxylic acids is 1. The van der Waals surface area contributed by atoms with E-state index in [1.165, 1.54) is 0 Å². The highest BCUT2D eigenvalue weighted by atomic mass is 32.2. The Morgan fingerprint density at radius 2 is 2.00 bits per heavy atom. The van der Waals surface area contributed by atoms with Crippen molar-refractivity contribution in [3.8, 4) is 0 Å². The number of carboxylic acids is 1. The van der Waals surface area contributed by atoms with Crippen LogP contribution in [0.15, 0.2) is 30.3 Å². The van der Waals surface area contributed by atoms with E-state index < -0.39 is 22.0 Å². The van der Waals surface area contributed by atoms with Crippen LogP contribution < -0.4 is 5.73 Å². The van der Waals surface area contributed by atoms with Crippen LogP contribution in [0.5, 0.6) is 0 Å². The number of carboxylic acid groups (broad SMARTS) is 1. The van der Waals surface area contributed by atoms with E-state index in [1.54, 1.807) is 0 Å². The van der Waals surface area contributed by atoms with Crippen LogP contribution in [-0.2, 0) is 21.3 Å². The Kier molecular flexibility index (Phi) is 4.45. The molecule has 0 amide bonds. The van der Waals surface area contributed by atoms with Crippen LogP contribution in [0.4, 0.5) is 0 Å². The van der Waals surface area contributed by atoms with E-state index in [0.717, 1.165) is 5.56 Å². The van der Waals surface area contributed by atoms with Gasteiger partial charge in [0.15, 0.2) is 0 Å². The van der Waals surface area contributed by atoms with Crippen LogP contribution in [0.1, 0.15) is 5.56 Å². The van der Waals surface area contributed by atoms with Crippen molar-refractivity contribution in [1.82, 2.24) is 0 Å². The van der Waals surface area contributed by atoms with Crippen molar-refractivity contribution in [3.05, 3.63) is 35.9 Å². The number of benzene rings is 1. The average molecular weight is 227 g/mol. The Balaban J connectivity index is 2.66. The molecule has 5 heteroatoms. The fraction of sp³-hybridized carbons (Fsp3) is 0.300. The standard InChI is InChI=1S/C10H13NO3S/c11-6-9(10(12)13)15(14)7-8-4-2-1-3-5-8/h1-5,9H,6-7,11H2,(H,12,13). The molecule has 2 atom stereocenters. The first-order valence-corrected chi connectivity index (χ1v) is 5.87. The van der Waals surface area contributed by atoms with Crippen LogP contribution in [0.25, 0.3) is 0 Å². The van der Waals surface area contributed by atoms with Crippen LogP contribution in [0.3, 0.4) is 0 Å². The molecule has 0 radical (unpaired) electrons. The van der Waals surface area contributed by atoms with Crippen LogP contribution >= 0.6 is 0 Å². The maximum absolute atomic E-state index is 11.6. The van der Waals surface area contributed by atoms with E-state index in [2.05, 4.69) is 0 Å². The van der Waals surface area contributed by atoms with Crippen molar-refractivity contribution >= 4 is 16.8 Å². The Morgan fingerprint density at radius 1 is 1.40 bits per heavy atom. The number of carbonyl (C=O) groups is 1. The SMILES string of the molecule is NCC(C(=O)O)S(=O)Cc1ccccc1. The summed E-state index contributed by atoms with van der Waals surface area (Å²) in [5.41, 5.74) is 6.11. The monoisotopic (exact) mass is 227 g/mol. The molecule has 0 heterocycles. The van der Waals surface area contributed by atoms with Gasteiger partial charge in [-0.1, -0.05) is 30.3 Å². The second-order valence-electron chi connectivity index (χ2n) is 3.07. The average Bonchev–Trinajstić information content (AvgIpc) is 2.19. The van der Waals surface area contributed by atoms with Gasteiger partial charge in [-0.3, -0.25) is 9.00 Å². The molecule has 0 spiro atoms. The van der Waals surface area contributed by atoms with Gasteiger partial charge in [-0.25, -0.2) is 0 Å². The first-order valence-electron chi connectivity index (χ1n) is 4.49. The molecule has 1 aromatic carbocycles. The lowest BCUT2D eigenvalue weighted by Crippen LogP contribution is -2.34. The fourth-order valence-electron chi connectivity index (χ4n) is 1.16. The van der Waals surface area contributed by atoms with Crippen LogP contribution in [0.2, 0.25) is 0 Å². The van der Waals surface area contributed by atoms with E-state index in [1.807, 2.05) is 30.3 Å². The summed E-state index contributed by atoms with van der Waals surface area (Å²) in [6.45, 7) is -0.102. The van der Waals surface area contributed by atoms with E-state index in [9.17, 15) is 9.00 Å². The molecule has 15 heavy (non-hydrogen) atoms. The van der Waals surface area contributed by atoms with Gasteiger partial charge in [0.1, 0.15) is 5.25 Å². The van der Waals surface area contributed by atoms with Gasteiger partial charge < -0.3 is 10.8 Å². The molecule has 82 valence electrons. The predicted molar refractivity (Wildman–Crippen MR) is 58.8 cm³/mol. The Bertz CT molecular complexity index is 353. The zero-order valence-electron chi connectivity index (χ0n) is 8.13. The summed E-state index contributed by atoms with van der Waals surface area (Å²) >= 11 is 0. The van der Waals surface area contributed by atoms with Crippen molar-refractivity contribution in [2.45, 2.75) is 11.0 Å². The van der Waals surface area contributed by atoms with Gasteiger partial charge in [-0.2, -0.15) is 0 Å². The van der Waals surface area contributed by atoms with Gasteiger partial charge in [-0.15, -0.1) is 0 Å². The lowest BCUT2D eigenvalue weighted by molar-refractivity contribution is -0.136. The topological polar surface area (TPSA) is 80.4 Å². The molecular weight excluding hydrogens is 214 g/mol. The minimum Gasteiger partial charge on any atom is -0.480 e. The van der Waals surface area contributed by atoms with Crippen molar-refractivity contribution in [1.29, 1.82) is 0 Å². The zero-order chi connectivity index (χ0) is 11.3. The van der Waals surface area contributed by atoms with E-state index >= 15 is 0 Å². The number of hydrogen-bond acceptors (Lipinski definition) is 3. The lowest BCUT2D eigenvalue weighted by Gasteiger charge is -2.09. The number of hydrogen-bond donors (Lipinski definition) is 2. The van der Waals surface area contributed by atoms with Gasteiger partial charge in [0.05, 0.1) is 0 Å². The Labute approximate surface area is 90.6 Å². The molecule has 0 aliphatic carbocycles. The molecule has 0 saturated carbocycles. The summed E-state index contributed by atoms with van der Waals surface area (Å²) in [5, 5.41) is 7.77. The molecule has 1 aromatic rings. The molecule has 1 rings (SSSR count). The molecule has 4 nitrogen and oxygen atoms in total. The maximum atomic E-state index is 11.6. The van der Waals surface area contributed by atoms with Crippen LogP contribution in [0, 0.1) is 0 Å². The maximum Gasteiger partial charge on any atom is 0.320 e. The predicted octanol–water partition coefficient (Wildman–Crippen LogP) is 0.347. The first-order chi connectivity index (χ1) is 7.15. The summed E-state index contributed by atoms with van der Waals surface area (Å²) in [5.74, 6) is -0.874. The highest BCUT2D eigenvalue weighted by molar-refractivity contribution is 7.85. The summed E-state index contributed by atoms with van der Waals surface area (Å²) in [7, 11) is -1.46. The van der Waals surface area contributed by atoms with Crippen molar-refractivity contribution in [2.24, 2.45) is 5.73 Å². The van der Waals surface area contributed by atoms with Gasteiger partial charge in [0.25, 0.3) is 0 Å². The Morgan fingerprint density at radius 3 is 2.47 bits per heavy atom. The molecule has 0 aliphatic rings. The second-order valence-corrected chi connectivity index (χ2v) is 4.69. The van der Waals surface area contributed by atoms with Crippen molar-refractivity contribution < 1.29 is 14.1 Å². The van der Waals surface area contributed by atoms with Gasteiger partial charge in [0, 0.05) is 23.1 Å². The molecule has 0 aromatic heterocycles. The van der Waals surface area contributed by atoms with Gasteiger partial charge >= 0.3 is 5.97 Å².